The van der Waals surface area contributed by atoms with Gasteiger partial charge in [-0.3, -0.25) is 9.78 Å². The summed E-state index contributed by atoms with van der Waals surface area (Å²) in [4.78, 5) is 21.5. The van der Waals surface area contributed by atoms with Crippen molar-refractivity contribution in [1.29, 1.82) is 0 Å². The van der Waals surface area contributed by atoms with Crippen LogP contribution in [0.25, 0.3) is 0 Å². The lowest BCUT2D eigenvalue weighted by Crippen LogP contribution is -2.37. The summed E-state index contributed by atoms with van der Waals surface area (Å²) < 4.78 is 43.5. The fraction of sp³-hybridized carbons (Fsp3) is 0.500. The molecule has 0 aromatic carbocycles. The Labute approximate surface area is 156 Å². The van der Waals surface area contributed by atoms with Crippen molar-refractivity contribution in [1.82, 2.24) is 24.3 Å². The Balaban J connectivity index is 1.61. The van der Waals surface area contributed by atoms with Gasteiger partial charge >= 0.3 is 0 Å². The molecule has 0 bridgehead atoms. The van der Waals surface area contributed by atoms with Gasteiger partial charge in [0.2, 0.25) is 15.9 Å². The molecule has 1 aliphatic rings. The fourth-order valence-corrected chi connectivity index (χ4v) is 3.85. The van der Waals surface area contributed by atoms with Crippen LogP contribution in [-0.2, 0) is 16.6 Å². The van der Waals surface area contributed by atoms with Crippen molar-refractivity contribution in [3.8, 4) is 0 Å². The highest BCUT2D eigenvalue weighted by molar-refractivity contribution is 7.88. The van der Waals surface area contributed by atoms with E-state index < -0.39 is 21.7 Å². The zero-order valence-corrected chi connectivity index (χ0v) is 15.8. The van der Waals surface area contributed by atoms with Gasteiger partial charge < -0.3 is 9.42 Å². The molecule has 0 atom stereocenters. The Bertz CT molecular complexity index is 924. The number of amides is 1. The molecule has 11 heteroatoms. The van der Waals surface area contributed by atoms with Crippen LogP contribution in [0.5, 0.6) is 0 Å². The number of rotatable bonds is 5. The fourth-order valence-electron chi connectivity index (χ4n) is 2.97. The monoisotopic (exact) mass is 397 g/mol. The summed E-state index contributed by atoms with van der Waals surface area (Å²) in [6.07, 6.45) is 4.72. The molecule has 146 valence electrons. The van der Waals surface area contributed by atoms with Crippen molar-refractivity contribution in [2.24, 2.45) is 0 Å². The van der Waals surface area contributed by atoms with E-state index in [-0.39, 0.29) is 23.9 Å². The molecule has 9 nitrogen and oxygen atoms in total. The Morgan fingerprint density at radius 1 is 1.41 bits per heavy atom. The van der Waals surface area contributed by atoms with Crippen LogP contribution in [0.3, 0.4) is 0 Å². The third-order valence-corrected chi connectivity index (χ3v) is 5.80. The van der Waals surface area contributed by atoms with Crippen LogP contribution in [-0.4, -0.2) is 65.0 Å². The summed E-state index contributed by atoms with van der Waals surface area (Å²) in [6.45, 7) is 0.857. The number of hydrogen-bond acceptors (Lipinski definition) is 7. The van der Waals surface area contributed by atoms with Gasteiger partial charge in [-0.15, -0.1) is 0 Å². The number of hydrogen-bond donors (Lipinski definition) is 0. The molecule has 0 spiro atoms. The van der Waals surface area contributed by atoms with Crippen LogP contribution in [0.15, 0.2) is 23.0 Å². The number of nitrogens with zero attached hydrogens (tertiary/aromatic N) is 5. The Kier molecular flexibility index (Phi) is 5.51. The minimum atomic E-state index is -3.19. The van der Waals surface area contributed by atoms with Crippen LogP contribution < -0.4 is 0 Å². The van der Waals surface area contributed by atoms with E-state index in [0.29, 0.717) is 31.8 Å². The van der Waals surface area contributed by atoms with Crippen molar-refractivity contribution in [3.63, 3.8) is 0 Å². The van der Waals surface area contributed by atoms with Crippen molar-refractivity contribution in [2.75, 3.05) is 26.4 Å². The van der Waals surface area contributed by atoms with E-state index >= 15 is 0 Å². The predicted molar refractivity (Wildman–Crippen MR) is 92.7 cm³/mol. The van der Waals surface area contributed by atoms with Crippen LogP contribution in [0.2, 0.25) is 0 Å². The molecule has 1 aliphatic heterocycles. The van der Waals surface area contributed by atoms with Gasteiger partial charge in [0.05, 0.1) is 24.6 Å². The van der Waals surface area contributed by atoms with E-state index in [1.54, 1.807) is 0 Å². The average Bonchev–Trinajstić information content (AvgIpc) is 3.09. The van der Waals surface area contributed by atoms with Crippen molar-refractivity contribution >= 4 is 15.9 Å². The summed E-state index contributed by atoms with van der Waals surface area (Å²) >= 11 is 0. The molecule has 3 rings (SSSR count). The van der Waals surface area contributed by atoms with E-state index in [2.05, 4.69) is 15.1 Å². The predicted octanol–water partition coefficient (Wildman–Crippen LogP) is 1.01. The zero-order chi connectivity index (χ0) is 19.6. The summed E-state index contributed by atoms with van der Waals surface area (Å²) in [7, 11) is -1.68. The maximum absolute atomic E-state index is 13.7. The second kappa shape index (κ2) is 7.69. The largest absolute Gasteiger partial charge is 0.337 e. The van der Waals surface area contributed by atoms with E-state index in [1.807, 2.05) is 0 Å². The second-order valence-electron chi connectivity index (χ2n) is 6.50. The highest BCUT2D eigenvalue weighted by Crippen LogP contribution is 2.27. The number of pyridine rings is 1. The molecule has 2 aromatic rings. The Morgan fingerprint density at radius 3 is 2.74 bits per heavy atom. The van der Waals surface area contributed by atoms with Crippen molar-refractivity contribution in [3.05, 3.63) is 41.6 Å². The van der Waals surface area contributed by atoms with Gasteiger partial charge in [0.25, 0.3) is 5.91 Å². The lowest BCUT2D eigenvalue weighted by atomic mass is 9.98. The summed E-state index contributed by atoms with van der Waals surface area (Å²) in [5.74, 6) is -0.483. The molecule has 1 fully saturated rings. The SMILES string of the molecule is CN(Cc1nc(C2CCN(S(C)(=O)=O)CC2)no1)C(=O)c1ccncc1F. The second-order valence-corrected chi connectivity index (χ2v) is 8.48. The van der Waals surface area contributed by atoms with Crippen molar-refractivity contribution < 1.29 is 22.1 Å². The summed E-state index contributed by atoms with van der Waals surface area (Å²) in [6, 6.07) is 1.31. The molecule has 0 aliphatic carbocycles. The average molecular weight is 397 g/mol. The molecule has 0 N–H and O–H groups in total. The van der Waals surface area contributed by atoms with Gasteiger partial charge in [-0.1, -0.05) is 5.16 Å². The number of piperidine rings is 1. The van der Waals surface area contributed by atoms with E-state index in [4.69, 9.17) is 4.52 Å². The molecule has 1 saturated heterocycles. The number of halogens is 1. The lowest BCUT2D eigenvalue weighted by molar-refractivity contribution is 0.0764. The van der Waals surface area contributed by atoms with E-state index in [1.165, 1.54) is 34.8 Å². The van der Waals surface area contributed by atoms with Gasteiger partial charge in [-0.25, -0.2) is 17.1 Å². The van der Waals surface area contributed by atoms with Crippen molar-refractivity contribution in [2.45, 2.75) is 25.3 Å². The normalized spacial score (nSPS) is 16.4. The number of carbonyl (C=O) groups is 1. The topological polar surface area (TPSA) is 110 Å². The molecular formula is C16H20FN5O4S. The first-order valence-corrected chi connectivity index (χ1v) is 10.2. The highest BCUT2D eigenvalue weighted by atomic mass is 32.2. The Hall–Kier alpha value is -2.40. The standard InChI is InChI=1S/C16H20FN5O4S/c1-21(16(23)12-3-6-18-9-13(12)17)10-14-19-15(20-26-14)11-4-7-22(8-5-11)27(2,24)25/h3,6,9,11H,4-5,7-8,10H2,1-2H3. The van der Waals surface area contributed by atoms with Crippen LogP contribution in [0.1, 0.15) is 40.8 Å². The van der Waals surface area contributed by atoms with Gasteiger partial charge in [0.15, 0.2) is 11.6 Å². The maximum atomic E-state index is 13.7. The quantitative estimate of drug-likeness (QED) is 0.741. The van der Waals surface area contributed by atoms with E-state index in [9.17, 15) is 17.6 Å². The number of sulfonamides is 1. The molecular weight excluding hydrogens is 377 g/mol. The third kappa shape index (κ3) is 4.48. The molecule has 0 radical (unpaired) electrons. The zero-order valence-electron chi connectivity index (χ0n) is 15.0. The first kappa shape index (κ1) is 19.4. The van der Waals surface area contributed by atoms with Crippen LogP contribution in [0, 0.1) is 5.82 Å². The molecule has 0 saturated carbocycles. The molecule has 1 amide bonds. The van der Waals surface area contributed by atoms with Gasteiger partial charge in [-0.05, 0) is 18.9 Å². The van der Waals surface area contributed by atoms with Gasteiger partial charge in [0, 0.05) is 32.3 Å². The maximum Gasteiger partial charge on any atom is 0.257 e. The third-order valence-electron chi connectivity index (χ3n) is 4.49. The van der Waals surface area contributed by atoms with Gasteiger partial charge in [-0.2, -0.15) is 4.98 Å². The molecule has 2 aromatic heterocycles. The molecule has 0 unspecified atom stereocenters. The smallest absolute Gasteiger partial charge is 0.257 e. The first-order valence-electron chi connectivity index (χ1n) is 8.38. The molecule has 3 heterocycles. The number of carbonyl (C=O) groups excluding carboxylic acids is 1. The minimum absolute atomic E-state index is 0.000787. The van der Waals surface area contributed by atoms with Gasteiger partial charge in [0.1, 0.15) is 0 Å². The van der Waals surface area contributed by atoms with E-state index in [0.717, 1.165) is 6.20 Å². The molecule has 27 heavy (non-hydrogen) atoms. The first-order chi connectivity index (χ1) is 12.8. The minimum Gasteiger partial charge on any atom is -0.337 e. The Morgan fingerprint density at radius 2 is 2.11 bits per heavy atom. The summed E-state index contributed by atoms with van der Waals surface area (Å²) in [5, 5.41) is 3.95. The van der Waals surface area contributed by atoms with Crippen LogP contribution in [0.4, 0.5) is 4.39 Å². The van der Waals surface area contributed by atoms with Crippen LogP contribution >= 0.6 is 0 Å². The lowest BCUT2D eigenvalue weighted by Gasteiger charge is -2.28. The summed E-state index contributed by atoms with van der Waals surface area (Å²) in [5.41, 5.74) is -0.0830. The number of aromatic nitrogens is 3. The highest BCUT2D eigenvalue weighted by Gasteiger charge is 2.29.